The third-order valence-electron chi connectivity index (χ3n) is 5.87. The monoisotopic (exact) mass is 384 g/mol. The number of imidazole rings is 1. The van der Waals surface area contributed by atoms with Crippen LogP contribution in [0.15, 0.2) is 18.5 Å². The second-order valence-corrected chi connectivity index (χ2v) is 7.54. The number of amides is 1. The number of fused-ring (bicyclic) bond motifs is 1. The van der Waals surface area contributed by atoms with E-state index in [1.165, 1.54) is 5.56 Å². The van der Waals surface area contributed by atoms with Crippen molar-refractivity contribution < 1.29 is 14.3 Å². The number of rotatable bonds is 6. The average molecular weight is 384 g/mol. The molecule has 7 heteroatoms. The van der Waals surface area contributed by atoms with Crippen LogP contribution in [0.3, 0.4) is 0 Å². The van der Waals surface area contributed by atoms with Crippen molar-refractivity contribution in [2.45, 2.75) is 44.6 Å². The lowest BCUT2D eigenvalue weighted by Crippen LogP contribution is -2.38. The predicted octanol–water partition coefficient (Wildman–Crippen LogP) is 2.44. The number of methoxy groups -OCH3 is 2. The van der Waals surface area contributed by atoms with Crippen molar-refractivity contribution in [3.63, 3.8) is 0 Å². The molecule has 4 rings (SSSR count). The fourth-order valence-corrected chi connectivity index (χ4v) is 4.33. The minimum absolute atomic E-state index is 0.0280. The fourth-order valence-electron chi connectivity index (χ4n) is 4.33. The first-order valence-corrected chi connectivity index (χ1v) is 10.1. The number of likely N-dealkylation sites (tertiary alicyclic amines) is 1. The van der Waals surface area contributed by atoms with Crippen LogP contribution in [0.5, 0.6) is 5.88 Å². The third-order valence-corrected chi connectivity index (χ3v) is 5.87. The standard InChI is InChI=1S/C21H28N4O3/c1-27-13-12-24-11-8-22-19(24)15-6-9-25(10-7-15)21(26)17-14-16-4-3-5-18(16)23-20(17)28-2/h8,11,14-15H,3-7,9-10,12-13H2,1-2H3. The molecule has 0 saturated carbocycles. The Hall–Kier alpha value is -2.41. The van der Waals surface area contributed by atoms with E-state index in [2.05, 4.69) is 14.5 Å². The van der Waals surface area contributed by atoms with E-state index >= 15 is 0 Å². The summed E-state index contributed by atoms with van der Waals surface area (Å²) in [6, 6.07) is 2.00. The summed E-state index contributed by atoms with van der Waals surface area (Å²) in [7, 11) is 3.30. The predicted molar refractivity (Wildman–Crippen MR) is 105 cm³/mol. The van der Waals surface area contributed by atoms with Gasteiger partial charge in [0, 0.05) is 50.7 Å². The number of ether oxygens (including phenoxy) is 2. The first kappa shape index (κ1) is 18.9. The fraction of sp³-hybridized carbons (Fsp3) is 0.571. The van der Waals surface area contributed by atoms with E-state index in [4.69, 9.17) is 9.47 Å². The van der Waals surface area contributed by atoms with E-state index < -0.39 is 0 Å². The molecule has 0 spiro atoms. The Balaban J connectivity index is 1.44. The quantitative estimate of drug-likeness (QED) is 0.765. The molecule has 7 nitrogen and oxygen atoms in total. The maximum atomic E-state index is 13.1. The molecular formula is C21H28N4O3. The van der Waals surface area contributed by atoms with Gasteiger partial charge in [-0.3, -0.25) is 4.79 Å². The van der Waals surface area contributed by atoms with Gasteiger partial charge in [0.2, 0.25) is 5.88 Å². The number of nitrogens with zero attached hydrogens (tertiary/aromatic N) is 4. The molecular weight excluding hydrogens is 356 g/mol. The molecule has 0 atom stereocenters. The Morgan fingerprint density at radius 1 is 1.25 bits per heavy atom. The van der Waals surface area contributed by atoms with Gasteiger partial charge in [-0.2, -0.15) is 0 Å². The van der Waals surface area contributed by atoms with Gasteiger partial charge in [-0.15, -0.1) is 0 Å². The zero-order valence-electron chi connectivity index (χ0n) is 16.7. The average Bonchev–Trinajstić information content (AvgIpc) is 3.39. The van der Waals surface area contributed by atoms with Crippen LogP contribution in [0, 0.1) is 0 Å². The number of carbonyl (C=O) groups excluding carboxylic acids is 1. The van der Waals surface area contributed by atoms with E-state index in [0.29, 0.717) is 24.0 Å². The largest absolute Gasteiger partial charge is 0.480 e. The normalized spacial score (nSPS) is 17.0. The van der Waals surface area contributed by atoms with Crippen LogP contribution in [0.4, 0.5) is 0 Å². The Bertz CT molecular complexity index is 840. The summed E-state index contributed by atoms with van der Waals surface area (Å²) < 4.78 is 12.8. The van der Waals surface area contributed by atoms with Crippen LogP contribution < -0.4 is 4.74 Å². The van der Waals surface area contributed by atoms with E-state index in [0.717, 1.165) is 63.3 Å². The van der Waals surface area contributed by atoms with Gasteiger partial charge in [0.05, 0.1) is 13.7 Å². The molecule has 1 saturated heterocycles. The summed E-state index contributed by atoms with van der Waals surface area (Å²) in [5, 5.41) is 0. The molecule has 0 radical (unpaired) electrons. The van der Waals surface area contributed by atoms with E-state index in [9.17, 15) is 4.79 Å². The summed E-state index contributed by atoms with van der Waals surface area (Å²) in [5.41, 5.74) is 2.87. The molecule has 1 aliphatic heterocycles. The lowest BCUT2D eigenvalue weighted by Gasteiger charge is -2.32. The molecule has 1 aliphatic carbocycles. The number of hydrogen-bond acceptors (Lipinski definition) is 5. The molecule has 0 N–H and O–H groups in total. The van der Waals surface area contributed by atoms with Gasteiger partial charge in [0.25, 0.3) is 5.91 Å². The topological polar surface area (TPSA) is 69.5 Å². The molecule has 0 unspecified atom stereocenters. The molecule has 150 valence electrons. The Labute approximate surface area is 165 Å². The molecule has 2 aromatic heterocycles. The molecule has 2 aliphatic rings. The summed E-state index contributed by atoms with van der Waals surface area (Å²) in [5.74, 6) is 1.96. The van der Waals surface area contributed by atoms with Crippen molar-refractivity contribution in [3.05, 3.63) is 41.1 Å². The van der Waals surface area contributed by atoms with Gasteiger partial charge in [-0.05, 0) is 43.7 Å². The second kappa shape index (κ2) is 8.31. The van der Waals surface area contributed by atoms with Crippen molar-refractivity contribution in [2.24, 2.45) is 0 Å². The Morgan fingerprint density at radius 2 is 2.07 bits per heavy atom. The van der Waals surface area contributed by atoms with Gasteiger partial charge in [0.15, 0.2) is 0 Å². The third kappa shape index (κ3) is 3.63. The maximum Gasteiger partial charge on any atom is 0.259 e. The molecule has 0 bridgehead atoms. The van der Waals surface area contributed by atoms with E-state index in [-0.39, 0.29) is 5.91 Å². The minimum Gasteiger partial charge on any atom is -0.480 e. The van der Waals surface area contributed by atoms with Gasteiger partial charge in [0.1, 0.15) is 11.4 Å². The van der Waals surface area contributed by atoms with Crippen LogP contribution in [-0.2, 0) is 24.1 Å². The zero-order chi connectivity index (χ0) is 19.5. The van der Waals surface area contributed by atoms with Crippen LogP contribution in [-0.4, -0.2) is 59.3 Å². The van der Waals surface area contributed by atoms with Gasteiger partial charge in [-0.25, -0.2) is 9.97 Å². The summed E-state index contributed by atoms with van der Waals surface area (Å²) in [4.78, 5) is 24.2. The van der Waals surface area contributed by atoms with Gasteiger partial charge in [-0.1, -0.05) is 0 Å². The van der Waals surface area contributed by atoms with Crippen LogP contribution in [0.2, 0.25) is 0 Å². The van der Waals surface area contributed by atoms with Crippen LogP contribution in [0.1, 0.15) is 52.6 Å². The summed E-state index contributed by atoms with van der Waals surface area (Å²) in [6.07, 6.45) is 8.76. The number of aromatic nitrogens is 3. The number of pyridine rings is 1. The lowest BCUT2D eigenvalue weighted by molar-refractivity contribution is 0.0705. The molecule has 28 heavy (non-hydrogen) atoms. The first-order valence-electron chi connectivity index (χ1n) is 10.1. The minimum atomic E-state index is 0.0280. The lowest BCUT2D eigenvalue weighted by atomic mass is 9.95. The van der Waals surface area contributed by atoms with Crippen molar-refractivity contribution in [2.75, 3.05) is 33.9 Å². The van der Waals surface area contributed by atoms with Crippen molar-refractivity contribution >= 4 is 5.91 Å². The summed E-state index contributed by atoms with van der Waals surface area (Å²) in [6.45, 7) is 2.93. The van der Waals surface area contributed by atoms with E-state index in [1.807, 2.05) is 23.4 Å². The number of hydrogen-bond donors (Lipinski definition) is 0. The van der Waals surface area contributed by atoms with Crippen molar-refractivity contribution in [1.29, 1.82) is 0 Å². The van der Waals surface area contributed by atoms with Crippen LogP contribution in [0.25, 0.3) is 0 Å². The highest BCUT2D eigenvalue weighted by molar-refractivity contribution is 5.96. The summed E-state index contributed by atoms with van der Waals surface area (Å²) >= 11 is 0. The van der Waals surface area contributed by atoms with Crippen molar-refractivity contribution in [1.82, 2.24) is 19.4 Å². The highest BCUT2D eigenvalue weighted by atomic mass is 16.5. The molecule has 1 fully saturated rings. The Morgan fingerprint density at radius 3 is 2.82 bits per heavy atom. The van der Waals surface area contributed by atoms with Crippen molar-refractivity contribution in [3.8, 4) is 5.88 Å². The molecule has 0 aromatic carbocycles. The van der Waals surface area contributed by atoms with Gasteiger partial charge < -0.3 is 18.9 Å². The number of carbonyl (C=O) groups is 1. The Kier molecular flexibility index (Phi) is 5.62. The van der Waals surface area contributed by atoms with E-state index in [1.54, 1.807) is 14.2 Å². The smallest absolute Gasteiger partial charge is 0.259 e. The van der Waals surface area contributed by atoms with Gasteiger partial charge >= 0.3 is 0 Å². The van der Waals surface area contributed by atoms with Crippen LogP contribution >= 0.6 is 0 Å². The molecule has 3 heterocycles. The zero-order valence-corrected chi connectivity index (χ0v) is 16.7. The SMILES string of the molecule is COCCn1ccnc1C1CCN(C(=O)c2cc3c(nc2OC)CCC3)CC1. The first-order chi connectivity index (χ1) is 13.7. The maximum absolute atomic E-state index is 13.1. The number of aryl methyl sites for hydroxylation is 2. The number of piperidine rings is 1. The molecule has 2 aromatic rings. The highest BCUT2D eigenvalue weighted by Gasteiger charge is 2.29. The highest BCUT2D eigenvalue weighted by Crippen LogP contribution is 2.31. The molecule has 1 amide bonds. The second-order valence-electron chi connectivity index (χ2n) is 7.54.